The van der Waals surface area contributed by atoms with Crippen LogP contribution in [-0.4, -0.2) is 124 Å². The molecule has 6 nitrogen and oxygen atoms in total. The third-order valence-electron chi connectivity index (χ3n) is 9.16. The topological polar surface area (TPSA) is 64.6 Å². The molecule has 2 aromatic carbocycles. The van der Waals surface area contributed by atoms with E-state index in [9.17, 15) is 18.0 Å². The van der Waals surface area contributed by atoms with Crippen LogP contribution in [0.3, 0.4) is 0 Å². The summed E-state index contributed by atoms with van der Waals surface area (Å²) in [6, 6.07) is 1.73. The van der Waals surface area contributed by atoms with E-state index < -0.39 is 17.1 Å². The van der Waals surface area contributed by atoms with Crippen molar-refractivity contribution in [2.24, 2.45) is 0 Å². The molecule has 0 N–H and O–H groups in total. The Balaban J connectivity index is 2.03. The Labute approximate surface area is 248 Å². The van der Waals surface area contributed by atoms with Crippen LogP contribution in [-0.2, 0) is 6.54 Å². The third kappa shape index (κ3) is 5.16. The zero-order valence-corrected chi connectivity index (χ0v) is 25.6. The molecule has 0 radical (unpaired) electrons. The van der Waals surface area contributed by atoms with E-state index in [1.807, 2.05) is 54.9 Å². The minimum atomic E-state index is -4.81. The summed E-state index contributed by atoms with van der Waals surface area (Å²) in [7, 11) is 20.5. The van der Waals surface area contributed by atoms with Crippen LogP contribution in [0.4, 0.5) is 13.2 Å². The van der Waals surface area contributed by atoms with Crippen LogP contribution in [0.15, 0.2) is 18.5 Å². The lowest BCUT2D eigenvalue weighted by atomic mass is 9.39. The van der Waals surface area contributed by atoms with E-state index in [0.717, 1.165) is 22.1 Å². The van der Waals surface area contributed by atoms with Gasteiger partial charge in [0.15, 0.2) is 0 Å². The molecule has 0 fully saturated rings. The van der Waals surface area contributed by atoms with Crippen molar-refractivity contribution in [3.05, 3.63) is 29.8 Å². The number of ether oxygens (including phenoxy) is 2. The first-order valence-electron chi connectivity index (χ1n) is 13.6. The second-order valence-corrected chi connectivity index (χ2v) is 11.9. The number of alkyl halides is 3. The number of hydrogen-bond donors (Lipinski definition) is 0. The SMILES string of the molecule is Bc1c(B)c(-c2c(B)c(B)c3c(c2B)C(=O)N(Cc2ncccn2)C(B)(B)C(B)(B)O3)c(B)c(B)c1OC(F)(F)F. The Morgan fingerprint density at radius 3 is 1.78 bits per heavy atom. The van der Waals surface area contributed by atoms with E-state index in [-0.39, 0.29) is 18.2 Å². The molecule has 41 heavy (non-hydrogen) atoms. The molecular weight excluding hydrogens is 518 g/mol. The average molecular weight is 545 g/mol. The molecule has 198 valence electrons. The predicted octanol–water partition coefficient (Wildman–Crippen LogP) is -12.3. The highest BCUT2D eigenvalue weighted by molar-refractivity contribution is 6.64. The minimum Gasteiger partial charge on any atom is -0.504 e. The lowest BCUT2D eigenvalue weighted by molar-refractivity contribution is -0.273. The van der Waals surface area contributed by atoms with Gasteiger partial charge in [-0.15, -0.1) is 13.2 Å². The Bertz CT molecular complexity index is 1540. The molecule has 0 bridgehead atoms. The summed E-state index contributed by atoms with van der Waals surface area (Å²) < 4.78 is 51.0. The highest BCUT2D eigenvalue weighted by atomic mass is 19.4. The molecule has 2 heterocycles. The molecule has 1 amide bonds. The van der Waals surface area contributed by atoms with Gasteiger partial charge < -0.3 is 14.4 Å². The van der Waals surface area contributed by atoms with Crippen molar-refractivity contribution in [3.63, 3.8) is 0 Å². The lowest BCUT2D eigenvalue weighted by Gasteiger charge is -2.48. The van der Waals surface area contributed by atoms with Gasteiger partial charge in [0.2, 0.25) is 0 Å². The normalized spacial score (nSPS) is 16.0. The Kier molecular flexibility index (Phi) is 7.89. The summed E-state index contributed by atoms with van der Waals surface area (Å²) >= 11 is 0. The van der Waals surface area contributed by atoms with Gasteiger partial charge in [-0.3, -0.25) is 4.79 Å². The second-order valence-electron chi connectivity index (χ2n) is 11.9. The fourth-order valence-electron chi connectivity index (χ4n) is 5.72. The zero-order chi connectivity index (χ0) is 30.8. The number of nitrogens with zero attached hydrogens (tertiary/aromatic N) is 3. The van der Waals surface area contributed by atoms with Crippen LogP contribution in [0.2, 0.25) is 0 Å². The van der Waals surface area contributed by atoms with Gasteiger partial charge in [-0.1, -0.05) is 38.2 Å². The fraction of sp³-hybridized carbons (Fsp3) is 0.190. The summed E-state index contributed by atoms with van der Waals surface area (Å²) in [6.45, 7) is 0.181. The highest BCUT2D eigenvalue weighted by Gasteiger charge is 2.49. The van der Waals surface area contributed by atoms with Crippen molar-refractivity contribution in [3.8, 4) is 22.6 Å². The van der Waals surface area contributed by atoms with Crippen molar-refractivity contribution >= 4 is 130 Å². The van der Waals surface area contributed by atoms with Gasteiger partial charge in [-0.2, -0.15) is 0 Å². The van der Waals surface area contributed by atoms with E-state index in [4.69, 9.17) is 4.74 Å². The monoisotopic (exact) mass is 547 g/mol. The van der Waals surface area contributed by atoms with Crippen molar-refractivity contribution < 1.29 is 27.4 Å². The number of benzene rings is 2. The number of hydrogen-bond acceptors (Lipinski definition) is 5. The molecule has 4 rings (SSSR count). The van der Waals surface area contributed by atoms with E-state index in [1.54, 1.807) is 54.7 Å². The van der Waals surface area contributed by atoms with Crippen LogP contribution < -0.4 is 47.7 Å². The first-order chi connectivity index (χ1) is 18.8. The number of rotatable bonds is 4. The number of fused-ring (bicyclic) bond motifs is 1. The molecule has 0 aliphatic carbocycles. The maximum atomic E-state index is 14.6. The van der Waals surface area contributed by atoms with Gasteiger partial charge in [0, 0.05) is 23.1 Å². The summed E-state index contributed by atoms with van der Waals surface area (Å²) in [4.78, 5) is 25.1. The molecule has 3 aromatic rings. The molecule has 0 saturated carbocycles. The lowest BCUT2D eigenvalue weighted by Crippen LogP contribution is -2.69. The van der Waals surface area contributed by atoms with E-state index in [0.29, 0.717) is 44.5 Å². The van der Waals surface area contributed by atoms with Gasteiger partial charge in [-0.05, 0) is 17.2 Å². The van der Waals surface area contributed by atoms with Gasteiger partial charge >= 0.3 is 6.36 Å². The maximum absolute atomic E-state index is 14.6. The van der Waals surface area contributed by atoms with Gasteiger partial charge in [0.05, 0.1) is 12.1 Å². The van der Waals surface area contributed by atoms with E-state index in [1.165, 1.54) is 0 Å². The Hall–Kier alpha value is -2.91. The molecule has 0 saturated heterocycles. The van der Waals surface area contributed by atoms with E-state index in [2.05, 4.69) is 14.7 Å². The number of carbonyl (C=O) groups is 1. The van der Waals surface area contributed by atoms with Crippen LogP contribution in [0.5, 0.6) is 11.5 Å². The van der Waals surface area contributed by atoms with E-state index >= 15 is 0 Å². The van der Waals surface area contributed by atoms with Gasteiger partial charge in [0.25, 0.3) is 5.91 Å². The van der Waals surface area contributed by atoms with Crippen LogP contribution >= 0.6 is 0 Å². The van der Waals surface area contributed by atoms with Gasteiger partial charge in [0.1, 0.15) is 104 Å². The maximum Gasteiger partial charge on any atom is 0.573 e. The zero-order valence-electron chi connectivity index (χ0n) is 25.6. The summed E-state index contributed by atoms with van der Waals surface area (Å²) in [5, 5.41) is -1.55. The highest BCUT2D eigenvalue weighted by Crippen LogP contribution is 2.34. The third-order valence-corrected chi connectivity index (χ3v) is 9.16. The molecule has 20 heteroatoms. The molecule has 1 aliphatic rings. The molecule has 0 unspecified atom stereocenters. The fourth-order valence-corrected chi connectivity index (χ4v) is 5.72. The molecular formula is C21H27B11F3N3O3. The number of aromatic nitrogens is 2. The smallest absolute Gasteiger partial charge is 0.504 e. The predicted molar refractivity (Wildman–Crippen MR) is 188 cm³/mol. The molecule has 1 aliphatic heterocycles. The summed E-state index contributed by atoms with van der Waals surface area (Å²) in [5.41, 5.74) is 6.58. The van der Waals surface area contributed by atoms with Crippen molar-refractivity contribution in [1.29, 1.82) is 0 Å². The van der Waals surface area contributed by atoms with Crippen molar-refractivity contribution in [2.45, 2.75) is 23.6 Å². The van der Waals surface area contributed by atoms with Gasteiger partial charge in [-0.25, -0.2) is 9.97 Å². The number of halogens is 3. The number of carbonyl (C=O) groups excluding carboxylic acids is 1. The molecule has 0 spiro atoms. The minimum absolute atomic E-state index is 0.181. The molecule has 1 aromatic heterocycles. The second kappa shape index (κ2) is 10.4. The van der Waals surface area contributed by atoms with Crippen LogP contribution in [0.1, 0.15) is 16.2 Å². The molecule has 0 atom stereocenters. The first-order valence-corrected chi connectivity index (χ1v) is 13.6. The van der Waals surface area contributed by atoms with Crippen LogP contribution in [0, 0.1) is 0 Å². The van der Waals surface area contributed by atoms with Crippen LogP contribution in [0.25, 0.3) is 11.1 Å². The summed E-state index contributed by atoms with van der Waals surface area (Å²) in [6.07, 6.45) is -1.52. The van der Waals surface area contributed by atoms with Crippen molar-refractivity contribution in [1.82, 2.24) is 14.9 Å². The first kappa shape index (κ1) is 31.0. The average Bonchev–Trinajstić information content (AvgIpc) is 2.93. The Morgan fingerprint density at radius 2 is 1.27 bits per heavy atom. The summed E-state index contributed by atoms with van der Waals surface area (Å²) in [5.74, 6) is 0.623. The standard InChI is InChI=1S/C21H27B11F3N3O3/c22-9-6(7-11(24)14(27)17(15(28)12(7)25)41-21(33,34)35)10(23)13(26)16-8(9)18(39)38(4-5-36-2-1-3-37-5)19(29,30)20(31,32)40-16/h1-3H,4,22-32H2. The largest absolute Gasteiger partial charge is 0.573 e. The number of amides is 1. The Morgan fingerprint density at radius 1 is 0.780 bits per heavy atom. The quantitative estimate of drug-likeness (QED) is 0.305. The van der Waals surface area contributed by atoms with Crippen molar-refractivity contribution in [2.75, 3.05) is 0 Å².